The fraction of sp³-hybridized carbons (Fsp3) is 0.409. The lowest BCUT2D eigenvalue weighted by molar-refractivity contribution is -0.138. The largest absolute Gasteiger partial charge is 0.416 e. The van der Waals surface area contributed by atoms with Gasteiger partial charge in [-0.3, -0.25) is 4.90 Å². The summed E-state index contributed by atoms with van der Waals surface area (Å²) in [4.78, 5) is 16.1. The van der Waals surface area contributed by atoms with Gasteiger partial charge in [-0.25, -0.2) is 4.79 Å². The van der Waals surface area contributed by atoms with Crippen LogP contribution in [0.2, 0.25) is 0 Å². The van der Waals surface area contributed by atoms with Crippen LogP contribution >= 0.6 is 0 Å². The van der Waals surface area contributed by atoms with Crippen LogP contribution in [-0.4, -0.2) is 36.0 Å². The Morgan fingerprint density at radius 1 is 1.00 bits per heavy atom. The molecule has 2 amide bonds. The zero-order chi connectivity index (χ0) is 20.9. The number of nitrogens with one attached hydrogen (secondary N) is 1. The first kappa shape index (κ1) is 21.2. The minimum Gasteiger partial charge on any atom is -0.334 e. The first-order valence-electron chi connectivity index (χ1n) is 9.78. The van der Waals surface area contributed by atoms with E-state index < -0.39 is 17.8 Å². The van der Waals surface area contributed by atoms with Crippen LogP contribution in [0.5, 0.6) is 0 Å². The summed E-state index contributed by atoms with van der Waals surface area (Å²) in [7, 11) is 1.50. The zero-order valence-electron chi connectivity index (χ0n) is 16.5. The fourth-order valence-electron chi connectivity index (χ4n) is 3.63. The highest BCUT2D eigenvalue weighted by atomic mass is 19.4. The molecule has 0 aliphatic carbocycles. The Labute approximate surface area is 169 Å². The van der Waals surface area contributed by atoms with Gasteiger partial charge in [0.2, 0.25) is 0 Å². The smallest absolute Gasteiger partial charge is 0.334 e. The van der Waals surface area contributed by atoms with E-state index >= 15 is 0 Å². The normalized spacial score (nSPS) is 14.8. The number of hydrogen-bond donors (Lipinski definition) is 1. The van der Waals surface area contributed by atoms with E-state index in [0.29, 0.717) is 6.54 Å². The van der Waals surface area contributed by atoms with Gasteiger partial charge in [-0.05, 0) is 48.7 Å². The van der Waals surface area contributed by atoms with Gasteiger partial charge in [-0.1, -0.05) is 42.5 Å². The maximum absolute atomic E-state index is 13.2. The van der Waals surface area contributed by atoms with Crippen molar-refractivity contribution < 1.29 is 18.0 Å². The molecule has 0 atom stereocenters. The Balaban J connectivity index is 1.60. The van der Waals surface area contributed by atoms with Gasteiger partial charge in [0, 0.05) is 26.7 Å². The monoisotopic (exact) mass is 405 g/mol. The van der Waals surface area contributed by atoms with E-state index in [2.05, 4.69) is 16.3 Å². The van der Waals surface area contributed by atoms with Gasteiger partial charge >= 0.3 is 12.2 Å². The fourth-order valence-corrected chi connectivity index (χ4v) is 3.63. The molecule has 29 heavy (non-hydrogen) atoms. The zero-order valence-corrected chi connectivity index (χ0v) is 16.5. The predicted molar refractivity (Wildman–Crippen MR) is 106 cm³/mol. The second kappa shape index (κ2) is 9.31. The molecule has 1 aliphatic heterocycles. The molecule has 1 fully saturated rings. The maximum Gasteiger partial charge on any atom is 0.416 e. The van der Waals surface area contributed by atoms with Gasteiger partial charge in [0.05, 0.1) is 5.56 Å². The summed E-state index contributed by atoms with van der Waals surface area (Å²) in [5.74, 6) is 0. The Morgan fingerprint density at radius 3 is 2.24 bits per heavy atom. The van der Waals surface area contributed by atoms with E-state index in [0.717, 1.165) is 31.3 Å². The van der Waals surface area contributed by atoms with Crippen LogP contribution < -0.4 is 5.32 Å². The molecule has 2 aromatic rings. The molecule has 1 N–H and O–H groups in total. The number of benzene rings is 2. The molecule has 1 aliphatic rings. The number of carbonyl (C=O) groups is 1. The first-order chi connectivity index (χ1) is 13.8. The highest BCUT2D eigenvalue weighted by molar-refractivity contribution is 5.74. The van der Waals surface area contributed by atoms with Crippen molar-refractivity contribution in [3.63, 3.8) is 0 Å². The third kappa shape index (κ3) is 5.73. The standard InChI is InChI=1S/C22H26F3N3O/c1-27(15-19-10-4-5-11-20(19)22(23,24)25)21(29)26-14-17-8-2-3-9-18(17)16-28-12-6-7-13-28/h2-5,8-11H,6-7,12-16H2,1H3,(H,26,29). The summed E-state index contributed by atoms with van der Waals surface area (Å²) in [5, 5.41) is 2.83. The summed E-state index contributed by atoms with van der Waals surface area (Å²) in [6.45, 7) is 3.25. The number of likely N-dealkylation sites (tertiary alicyclic amines) is 1. The number of hydrogen-bond acceptors (Lipinski definition) is 2. The van der Waals surface area contributed by atoms with Crippen molar-refractivity contribution in [1.82, 2.24) is 15.1 Å². The third-order valence-electron chi connectivity index (χ3n) is 5.22. The predicted octanol–water partition coefficient (Wildman–Crippen LogP) is 4.64. The average Bonchev–Trinajstić information content (AvgIpc) is 3.19. The number of amides is 2. The molecular formula is C22H26F3N3O. The summed E-state index contributed by atoms with van der Waals surface area (Å²) in [5.41, 5.74) is 1.55. The van der Waals surface area contributed by atoms with Gasteiger partial charge in [0.1, 0.15) is 0 Å². The Morgan fingerprint density at radius 2 is 1.59 bits per heavy atom. The van der Waals surface area contributed by atoms with Crippen LogP contribution in [0.15, 0.2) is 48.5 Å². The van der Waals surface area contributed by atoms with Gasteiger partial charge < -0.3 is 10.2 Å². The topological polar surface area (TPSA) is 35.6 Å². The molecule has 156 valence electrons. The van der Waals surface area contributed by atoms with E-state index in [1.807, 2.05) is 18.2 Å². The lowest BCUT2D eigenvalue weighted by Gasteiger charge is -2.22. The van der Waals surface area contributed by atoms with Crippen molar-refractivity contribution in [3.05, 3.63) is 70.8 Å². The number of halogens is 3. The van der Waals surface area contributed by atoms with Crippen molar-refractivity contribution in [1.29, 1.82) is 0 Å². The summed E-state index contributed by atoms with van der Waals surface area (Å²) >= 11 is 0. The van der Waals surface area contributed by atoms with Crippen LogP contribution in [0.25, 0.3) is 0 Å². The van der Waals surface area contributed by atoms with Gasteiger partial charge in [0.25, 0.3) is 0 Å². The molecule has 2 aromatic carbocycles. The van der Waals surface area contributed by atoms with Gasteiger partial charge in [-0.15, -0.1) is 0 Å². The molecule has 0 aromatic heterocycles. The Bertz CT molecular complexity index is 832. The van der Waals surface area contributed by atoms with E-state index in [1.165, 1.54) is 42.5 Å². The SMILES string of the molecule is CN(Cc1ccccc1C(F)(F)F)C(=O)NCc1ccccc1CN1CCCC1. The summed E-state index contributed by atoms with van der Waals surface area (Å²) in [6, 6.07) is 12.9. The number of alkyl halides is 3. The van der Waals surface area contributed by atoms with Crippen LogP contribution in [0.4, 0.5) is 18.0 Å². The Hall–Kier alpha value is -2.54. The van der Waals surface area contributed by atoms with Crippen LogP contribution in [0, 0.1) is 0 Å². The molecular weight excluding hydrogens is 379 g/mol. The van der Waals surface area contributed by atoms with E-state index in [1.54, 1.807) is 6.07 Å². The average molecular weight is 405 g/mol. The quantitative estimate of drug-likeness (QED) is 0.760. The van der Waals surface area contributed by atoms with Crippen LogP contribution in [0.3, 0.4) is 0 Å². The minimum atomic E-state index is -4.44. The highest BCUT2D eigenvalue weighted by Gasteiger charge is 2.33. The highest BCUT2D eigenvalue weighted by Crippen LogP contribution is 2.32. The lowest BCUT2D eigenvalue weighted by atomic mass is 10.1. The number of nitrogens with zero attached hydrogens (tertiary/aromatic N) is 2. The van der Waals surface area contributed by atoms with Crippen LogP contribution in [0.1, 0.15) is 35.1 Å². The molecule has 0 bridgehead atoms. The number of rotatable bonds is 6. The number of urea groups is 1. The van der Waals surface area contributed by atoms with Crippen molar-refractivity contribution in [2.24, 2.45) is 0 Å². The molecule has 0 spiro atoms. The molecule has 0 saturated carbocycles. The molecule has 0 radical (unpaired) electrons. The first-order valence-corrected chi connectivity index (χ1v) is 9.78. The van der Waals surface area contributed by atoms with Gasteiger partial charge in [0.15, 0.2) is 0 Å². The molecule has 4 nitrogen and oxygen atoms in total. The van der Waals surface area contributed by atoms with Crippen molar-refractivity contribution in [2.75, 3.05) is 20.1 Å². The van der Waals surface area contributed by atoms with E-state index in [9.17, 15) is 18.0 Å². The van der Waals surface area contributed by atoms with Crippen LogP contribution in [-0.2, 0) is 25.8 Å². The summed E-state index contributed by atoms with van der Waals surface area (Å²) < 4.78 is 39.5. The molecule has 1 heterocycles. The summed E-state index contributed by atoms with van der Waals surface area (Å²) in [6.07, 6.45) is -2.02. The molecule has 0 unspecified atom stereocenters. The third-order valence-corrected chi connectivity index (χ3v) is 5.22. The van der Waals surface area contributed by atoms with Gasteiger partial charge in [-0.2, -0.15) is 13.2 Å². The molecule has 7 heteroatoms. The van der Waals surface area contributed by atoms with Crippen molar-refractivity contribution >= 4 is 6.03 Å². The second-order valence-corrected chi connectivity index (χ2v) is 7.42. The van der Waals surface area contributed by atoms with Crippen molar-refractivity contribution in [2.45, 2.75) is 38.7 Å². The van der Waals surface area contributed by atoms with E-state index in [4.69, 9.17) is 0 Å². The lowest BCUT2D eigenvalue weighted by Crippen LogP contribution is -2.37. The Kier molecular flexibility index (Phi) is 6.79. The second-order valence-electron chi connectivity index (χ2n) is 7.42. The maximum atomic E-state index is 13.2. The minimum absolute atomic E-state index is 0.0760. The van der Waals surface area contributed by atoms with Crippen molar-refractivity contribution in [3.8, 4) is 0 Å². The molecule has 3 rings (SSSR count). The van der Waals surface area contributed by atoms with E-state index in [-0.39, 0.29) is 12.1 Å². The molecule has 1 saturated heterocycles. The number of carbonyl (C=O) groups excluding carboxylic acids is 1.